The van der Waals surface area contributed by atoms with Crippen molar-refractivity contribution in [2.45, 2.75) is 84.0 Å². The van der Waals surface area contributed by atoms with Gasteiger partial charge in [-0.05, 0) is 89.6 Å². The molecule has 0 radical (unpaired) electrons. The molecule has 0 aromatic heterocycles. The lowest BCUT2D eigenvalue weighted by atomic mass is 9.98. The average Bonchev–Trinajstić information content (AvgIpc) is 3.20. The van der Waals surface area contributed by atoms with Crippen LogP contribution in [0.3, 0.4) is 0 Å². The fourth-order valence-electron chi connectivity index (χ4n) is 5.05. The number of nitrogens with zero attached hydrogens (tertiary/aromatic N) is 1. The number of amides is 1. The van der Waals surface area contributed by atoms with Crippen LogP contribution < -0.4 is 5.32 Å². The van der Waals surface area contributed by atoms with E-state index in [1.165, 1.54) is 0 Å². The summed E-state index contributed by atoms with van der Waals surface area (Å²) in [5, 5.41) is 12.2. The first-order chi connectivity index (χ1) is 20.1. The van der Waals surface area contributed by atoms with Crippen LogP contribution in [-0.2, 0) is 28.6 Å². The summed E-state index contributed by atoms with van der Waals surface area (Å²) in [5.74, 6) is -2.26. The highest BCUT2D eigenvalue weighted by Crippen LogP contribution is 2.44. The van der Waals surface area contributed by atoms with Gasteiger partial charge in [-0.25, -0.2) is 9.59 Å². The third kappa shape index (κ3) is 10.7. The molecule has 0 bridgehead atoms. The molecule has 2 aromatic rings. The predicted molar refractivity (Wildman–Crippen MR) is 162 cm³/mol. The van der Waals surface area contributed by atoms with Gasteiger partial charge in [0.15, 0.2) is 0 Å². The number of benzene rings is 2. The fraction of sp³-hybridized carbons (Fsp3) is 0.515. The maximum Gasteiger partial charge on any atom is 0.407 e. The van der Waals surface area contributed by atoms with Gasteiger partial charge in [0, 0.05) is 5.92 Å². The number of unbranched alkanes of at least 4 members (excludes halogenated alkanes) is 1. The van der Waals surface area contributed by atoms with E-state index in [0.717, 1.165) is 22.3 Å². The van der Waals surface area contributed by atoms with Gasteiger partial charge in [-0.1, -0.05) is 48.5 Å². The number of ether oxygens (including phenoxy) is 3. The fourth-order valence-corrected chi connectivity index (χ4v) is 5.05. The normalized spacial score (nSPS) is 13.6. The highest BCUT2D eigenvalue weighted by molar-refractivity contribution is 5.81. The highest BCUT2D eigenvalue weighted by atomic mass is 16.6. The van der Waals surface area contributed by atoms with Crippen molar-refractivity contribution in [3.05, 3.63) is 59.7 Å². The number of fused-ring (bicyclic) bond motifs is 3. The summed E-state index contributed by atoms with van der Waals surface area (Å²) in [7, 11) is 0. The number of carboxylic acids is 1. The van der Waals surface area contributed by atoms with Crippen LogP contribution in [0.5, 0.6) is 0 Å². The first-order valence-corrected chi connectivity index (χ1v) is 14.6. The van der Waals surface area contributed by atoms with Crippen LogP contribution in [0.15, 0.2) is 48.5 Å². The molecule has 0 spiro atoms. The lowest BCUT2D eigenvalue weighted by molar-refractivity contribution is -0.159. The van der Waals surface area contributed by atoms with Crippen LogP contribution in [-0.4, -0.2) is 77.5 Å². The van der Waals surface area contributed by atoms with Gasteiger partial charge < -0.3 is 24.6 Å². The lowest BCUT2D eigenvalue weighted by Crippen LogP contribution is -2.42. The summed E-state index contributed by atoms with van der Waals surface area (Å²) >= 11 is 0. The number of rotatable bonds is 13. The molecule has 3 rings (SSSR count). The summed E-state index contributed by atoms with van der Waals surface area (Å²) in [6.07, 6.45) is 0.235. The van der Waals surface area contributed by atoms with Crippen molar-refractivity contribution in [1.29, 1.82) is 0 Å². The summed E-state index contributed by atoms with van der Waals surface area (Å²) in [5.41, 5.74) is 2.98. The average molecular weight is 597 g/mol. The minimum absolute atomic E-state index is 0.0799. The molecule has 0 saturated carbocycles. The van der Waals surface area contributed by atoms with Crippen molar-refractivity contribution in [2.75, 3.05) is 26.2 Å². The minimum atomic E-state index is -1.17. The Balaban J connectivity index is 1.52. The molecule has 0 heterocycles. The molecule has 0 unspecified atom stereocenters. The third-order valence-electron chi connectivity index (χ3n) is 6.70. The van der Waals surface area contributed by atoms with E-state index in [-0.39, 0.29) is 32.0 Å². The van der Waals surface area contributed by atoms with Gasteiger partial charge in [0.25, 0.3) is 0 Å². The number of aliphatic carboxylic acids is 1. The Hall–Kier alpha value is -3.92. The number of carbonyl (C=O) groups is 4. The standard InChI is InChI=1S/C33H44N2O8/c1-32(2,3)42-28(36)19-35(20-29(37)43-33(4,5)6)18-12-11-17-27(30(38)39)34-31(40)41-21-26-24-15-9-7-13-22(24)23-14-8-10-16-25(23)26/h7-10,13-16,26-27H,11-12,17-21H2,1-6H3,(H,34,40)(H,38,39)/t27-/m0/s1. The zero-order valence-electron chi connectivity index (χ0n) is 26.0. The van der Waals surface area contributed by atoms with E-state index in [1.54, 1.807) is 46.4 Å². The number of hydrogen-bond donors (Lipinski definition) is 2. The smallest absolute Gasteiger partial charge is 0.407 e. The number of alkyl carbamates (subject to hydrolysis) is 1. The zero-order valence-corrected chi connectivity index (χ0v) is 26.0. The zero-order chi connectivity index (χ0) is 31.8. The van der Waals surface area contributed by atoms with Crippen LogP contribution in [0.4, 0.5) is 4.79 Å². The maximum atomic E-state index is 12.6. The first-order valence-electron chi connectivity index (χ1n) is 14.6. The number of carbonyl (C=O) groups excluding carboxylic acids is 3. The molecule has 2 N–H and O–H groups in total. The van der Waals surface area contributed by atoms with E-state index >= 15 is 0 Å². The van der Waals surface area contributed by atoms with E-state index in [0.29, 0.717) is 19.4 Å². The Morgan fingerprint density at radius 3 is 1.77 bits per heavy atom. The highest BCUT2D eigenvalue weighted by Gasteiger charge is 2.30. The van der Waals surface area contributed by atoms with Gasteiger partial charge in [-0.3, -0.25) is 14.5 Å². The molecule has 2 aromatic carbocycles. The van der Waals surface area contributed by atoms with Gasteiger partial charge in [0.2, 0.25) is 0 Å². The van der Waals surface area contributed by atoms with Crippen LogP contribution in [0.1, 0.15) is 77.8 Å². The Bertz CT molecular complexity index is 1220. The molecule has 0 aliphatic heterocycles. The molecule has 1 amide bonds. The second-order valence-electron chi connectivity index (χ2n) is 12.7. The van der Waals surface area contributed by atoms with Gasteiger partial charge in [0.05, 0.1) is 13.1 Å². The van der Waals surface area contributed by atoms with Gasteiger partial charge in [-0.15, -0.1) is 0 Å². The van der Waals surface area contributed by atoms with E-state index in [2.05, 4.69) is 5.32 Å². The summed E-state index contributed by atoms with van der Waals surface area (Å²) in [4.78, 5) is 51.0. The Kier molecular flexibility index (Phi) is 11.3. The molecule has 43 heavy (non-hydrogen) atoms. The molecule has 0 saturated heterocycles. The van der Waals surface area contributed by atoms with Crippen molar-refractivity contribution in [1.82, 2.24) is 10.2 Å². The van der Waals surface area contributed by atoms with Crippen molar-refractivity contribution in [3.8, 4) is 11.1 Å². The van der Waals surface area contributed by atoms with Crippen LogP contribution in [0, 0.1) is 0 Å². The van der Waals surface area contributed by atoms with Crippen molar-refractivity contribution in [3.63, 3.8) is 0 Å². The maximum absolute atomic E-state index is 12.6. The second kappa shape index (κ2) is 14.5. The van der Waals surface area contributed by atoms with Crippen LogP contribution in [0.25, 0.3) is 11.1 Å². The van der Waals surface area contributed by atoms with E-state index in [9.17, 15) is 24.3 Å². The molecular weight excluding hydrogens is 552 g/mol. The topological polar surface area (TPSA) is 131 Å². The minimum Gasteiger partial charge on any atom is -0.480 e. The third-order valence-corrected chi connectivity index (χ3v) is 6.70. The molecule has 10 nitrogen and oxygen atoms in total. The molecule has 1 aliphatic carbocycles. The Morgan fingerprint density at radius 2 is 1.30 bits per heavy atom. The summed E-state index contributed by atoms with van der Waals surface area (Å²) in [6.45, 7) is 10.8. The van der Waals surface area contributed by atoms with Crippen LogP contribution >= 0.6 is 0 Å². The van der Waals surface area contributed by atoms with Gasteiger partial charge >= 0.3 is 24.0 Å². The predicted octanol–water partition coefficient (Wildman–Crippen LogP) is 5.13. The van der Waals surface area contributed by atoms with E-state index < -0.39 is 41.2 Å². The van der Waals surface area contributed by atoms with Crippen molar-refractivity contribution < 1.29 is 38.5 Å². The van der Waals surface area contributed by atoms with Gasteiger partial charge in [0.1, 0.15) is 23.9 Å². The van der Waals surface area contributed by atoms with Crippen molar-refractivity contribution in [2.24, 2.45) is 0 Å². The Morgan fingerprint density at radius 1 is 0.814 bits per heavy atom. The second-order valence-corrected chi connectivity index (χ2v) is 12.7. The number of carboxylic acid groups (broad SMARTS) is 1. The molecule has 0 fully saturated rings. The summed E-state index contributed by atoms with van der Waals surface area (Å²) < 4.78 is 16.3. The van der Waals surface area contributed by atoms with Gasteiger partial charge in [-0.2, -0.15) is 0 Å². The lowest BCUT2D eigenvalue weighted by Gasteiger charge is -2.26. The molecule has 10 heteroatoms. The van der Waals surface area contributed by atoms with E-state index in [4.69, 9.17) is 14.2 Å². The monoisotopic (exact) mass is 596 g/mol. The molecule has 1 atom stereocenters. The quantitative estimate of drug-likeness (QED) is 0.183. The number of esters is 2. The Labute approximate surface area is 253 Å². The molecule has 1 aliphatic rings. The van der Waals surface area contributed by atoms with Crippen LogP contribution in [0.2, 0.25) is 0 Å². The van der Waals surface area contributed by atoms with Crippen molar-refractivity contribution >= 4 is 24.0 Å². The molecule has 234 valence electrons. The summed E-state index contributed by atoms with van der Waals surface area (Å²) in [6, 6.07) is 14.8. The SMILES string of the molecule is CC(C)(C)OC(=O)CN(CCCC[C@H](NC(=O)OCC1c2ccccc2-c2ccccc21)C(=O)O)CC(=O)OC(C)(C)C. The number of nitrogens with one attached hydrogen (secondary N) is 1. The number of hydrogen-bond acceptors (Lipinski definition) is 8. The molecular formula is C33H44N2O8. The first kappa shape index (κ1) is 33.6. The van der Waals surface area contributed by atoms with E-state index in [1.807, 2.05) is 48.5 Å². The largest absolute Gasteiger partial charge is 0.480 e.